The van der Waals surface area contributed by atoms with Crippen molar-refractivity contribution >= 4 is 5.91 Å². The summed E-state index contributed by atoms with van der Waals surface area (Å²) in [6.07, 6.45) is 5.63. The summed E-state index contributed by atoms with van der Waals surface area (Å²) in [4.78, 5) is 13.8. The minimum absolute atomic E-state index is 0.0986. The van der Waals surface area contributed by atoms with Gasteiger partial charge in [-0.1, -0.05) is 0 Å². The molecule has 0 aliphatic carbocycles. The first-order chi connectivity index (χ1) is 8.58. The van der Waals surface area contributed by atoms with Gasteiger partial charge in [0.25, 0.3) is 0 Å². The van der Waals surface area contributed by atoms with Crippen LogP contribution in [0.5, 0.6) is 0 Å². The number of hydrogen-bond acceptors (Lipinski definition) is 4. The van der Waals surface area contributed by atoms with Crippen LogP contribution in [0.3, 0.4) is 0 Å². The minimum atomic E-state index is -0.648. The lowest BCUT2D eigenvalue weighted by molar-refractivity contribution is -0.132. The zero-order chi connectivity index (χ0) is 13.1. The van der Waals surface area contributed by atoms with E-state index in [1.165, 1.54) is 0 Å². The molecule has 100 valence electrons. The van der Waals surface area contributed by atoms with Gasteiger partial charge in [-0.25, -0.2) is 0 Å². The molecule has 6 heteroatoms. The highest BCUT2D eigenvalue weighted by atomic mass is 16.5. The molecular weight excluding hydrogens is 232 g/mol. The molecule has 0 aromatic carbocycles. The summed E-state index contributed by atoms with van der Waals surface area (Å²) in [7, 11) is 3.57. The minimum Gasteiger partial charge on any atom is -0.376 e. The highest BCUT2D eigenvalue weighted by Gasteiger charge is 2.25. The zero-order valence-electron chi connectivity index (χ0n) is 10.9. The number of likely N-dealkylation sites (N-methyl/N-ethyl adjacent to an activating group) is 1. The predicted octanol–water partition coefficient (Wildman–Crippen LogP) is 0.0573. The SMILES string of the molecule is CN(CC1CCCO1)C(=O)C(N)c1cnn(C)c1. The molecule has 2 atom stereocenters. The van der Waals surface area contributed by atoms with Crippen LogP contribution in [0.25, 0.3) is 0 Å². The van der Waals surface area contributed by atoms with Crippen LogP contribution in [0.4, 0.5) is 0 Å². The van der Waals surface area contributed by atoms with Gasteiger partial charge in [0.1, 0.15) is 6.04 Å². The van der Waals surface area contributed by atoms with Gasteiger partial charge in [-0.15, -0.1) is 0 Å². The van der Waals surface area contributed by atoms with Crippen LogP contribution in [0.15, 0.2) is 12.4 Å². The van der Waals surface area contributed by atoms with E-state index in [-0.39, 0.29) is 12.0 Å². The van der Waals surface area contributed by atoms with E-state index in [0.29, 0.717) is 6.54 Å². The van der Waals surface area contributed by atoms with Crippen LogP contribution in [-0.2, 0) is 16.6 Å². The zero-order valence-corrected chi connectivity index (χ0v) is 10.9. The molecule has 0 bridgehead atoms. The van der Waals surface area contributed by atoms with E-state index in [1.807, 2.05) is 0 Å². The van der Waals surface area contributed by atoms with Crippen molar-refractivity contribution < 1.29 is 9.53 Å². The quantitative estimate of drug-likeness (QED) is 0.822. The Hall–Kier alpha value is -1.40. The smallest absolute Gasteiger partial charge is 0.244 e. The molecule has 2 N–H and O–H groups in total. The summed E-state index contributed by atoms with van der Waals surface area (Å²) in [6, 6.07) is -0.648. The molecule has 1 aliphatic heterocycles. The van der Waals surface area contributed by atoms with Gasteiger partial charge in [0.15, 0.2) is 0 Å². The van der Waals surface area contributed by atoms with Crippen LogP contribution in [-0.4, -0.2) is 46.9 Å². The molecule has 0 saturated carbocycles. The number of rotatable bonds is 4. The van der Waals surface area contributed by atoms with Gasteiger partial charge in [-0.05, 0) is 12.8 Å². The summed E-state index contributed by atoms with van der Waals surface area (Å²) in [5, 5.41) is 4.02. The lowest BCUT2D eigenvalue weighted by Gasteiger charge is -2.23. The van der Waals surface area contributed by atoms with E-state index in [4.69, 9.17) is 10.5 Å². The van der Waals surface area contributed by atoms with Crippen molar-refractivity contribution in [3.63, 3.8) is 0 Å². The first kappa shape index (κ1) is 13.0. The predicted molar refractivity (Wildman–Crippen MR) is 66.7 cm³/mol. The molecule has 1 aliphatic rings. The van der Waals surface area contributed by atoms with Gasteiger partial charge in [0.2, 0.25) is 5.91 Å². The normalized spacial score (nSPS) is 20.9. The van der Waals surface area contributed by atoms with Gasteiger partial charge < -0.3 is 15.4 Å². The number of nitrogens with two attached hydrogens (primary N) is 1. The molecule has 2 heterocycles. The lowest BCUT2D eigenvalue weighted by Crippen LogP contribution is -2.39. The molecule has 18 heavy (non-hydrogen) atoms. The number of carbonyl (C=O) groups excluding carboxylic acids is 1. The van der Waals surface area contributed by atoms with Crippen LogP contribution >= 0.6 is 0 Å². The average molecular weight is 252 g/mol. The monoisotopic (exact) mass is 252 g/mol. The van der Waals surface area contributed by atoms with Gasteiger partial charge in [0, 0.05) is 39.0 Å². The number of aromatic nitrogens is 2. The summed E-state index contributed by atoms with van der Waals surface area (Å²) in [6.45, 7) is 1.40. The number of ether oxygens (including phenoxy) is 1. The molecule has 2 rings (SSSR count). The van der Waals surface area contributed by atoms with Gasteiger partial charge >= 0.3 is 0 Å². The van der Waals surface area contributed by atoms with Crippen LogP contribution in [0.2, 0.25) is 0 Å². The number of hydrogen-bond donors (Lipinski definition) is 1. The number of nitrogens with zero attached hydrogens (tertiary/aromatic N) is 3. The van der Waals surface area contributed by atoms with E-state index in [9.17, 15) is 4.79 Å². The second-order valence-electron chi connectivity index (χ2n) is 4.78. The van der Waals surface area contributed by atoms with Crippen molar-refractivity contribution in [2.45, 2.75) is 25.0 Å². The molecule has 1 fully saturated rings. The van der Waals surface area contributed by atoms with Gasteiger partial charge in [-0.3, -0.25) is 9.48 Å². The van der Waals surface area contributed by atoms with Crippen molar-refractivity contribution in [2.75, 3.05) is 20.2 Å². The third kappa shape index (κ3) is 2.88. The Balaban J connectivity index is 1.93. The standard InChI is InChI=1S/C12H20N4O2/c1-15(8-10-4-3-5-18-10)12(17)11(13)9-6-14-16(2)7-9/h6-7,10-11H,3-5,8,13H2,1-2H3. The van der Waals surface area contributed by atoms with E-state index in [2.05, 4.69) is 5.10 Å². The fraction of sp³-hybridized carbons (Fsp3) is 0.667. The Bertz CT molecular complexity index is 412. The molecule has 1 amide bonds. The molecule has 2 unspecified atom stereocenters. The van der Waals surface area contributed by atoms with Crippen molar-refractivity contribution in [1.29, 1.82) is 0 Å². The van der Waals surface area contributed by atoms with Crippen LogP contribution in [0.1, 0.15) is 24.4 Å². The molecule has 1 saturated heterocycles. The highest BCUT2D eigenvalue weighted by molar-refractivity contribution is 5.82. The molecule has 1 aromatic heterocycles. The van der Waals surface area contributed by atoms with Gasteiger partial charge in [-0.2, -0.15) is 5.10 Å². The summed E-state index contributed by atoms with van der Waals surface area (Å²) in [5.41, 5.74) is 6.68. The maximum Gasteiger partial charge on any atom is 0.244 e. The maximum atomic E-state index is 12.1. The van der Waals surface area contributed by atoms with E-state index in [0.717, 1.165) is 25.0 Å². The van der Waals surface area contributed by atoms with Crippen molar-refractivity contribution in [3.8, 4) is 0 Å². The van der Waals surface area contributed by atoms with E-state index >= 15 is 0 Å². The number of amides is 1. The fourth-order valence-corrected chi connectivity index (χ4v) is 2.16. The summed E-state index contributed by atoms with van der Waals surface area (Å²) < 4.78 is 7.15. The molecule has 6 nitrogen and oxygen atoms in total. The number of aryl methyl sites for hydroxylation is 1. The molecule has 1 aromatic rings. The lowest BCUT2D eigenvalue weighted by atomic mass is 10.1. The largest absolute Gasteiger partial charge is 0.376 e. The topological polar surface area (TPSA) is 73.4 Å². The fourth-order valence-electron chi connectivity index (χ4n) is 2.16. The average Bonchev–Trinajstić information content (AvgIpc) is 2.98. The first-order valence-corrected chi connectivity index (χ1v) is 6.18. The number of carbonyl (C=O) groups is 1. The van der Waals surface area contributed by atoms with E-state index < -0.39 is 6.04 Å². The second-order valence-corrected chi connectivity index (χ2v) is 4.78. The van der Waals surface area contributed by atoms with Crippen molar-refractivity contribution in [1.82, 2.24) is 14.7 Å². The Kier molecular flexibility index (Phi) is 3.98. The third-order valence-corrected chi connectivity index (χ3v) is 3.23. The second kappa shape index (κ2) is 5.49. The van der Waals surface area contributed by atoms with Crippen molar-refractivity contribution in [3.05, 3.63) is 18.0 Å². The summed E-state index contributed by atoms with van der Waals surface area (Å²) in [5.74, 6) is -0.0986. The maximum absolute atomic E-state index is 12.1. The Morgan fingerprint density at radius 3 is 3.11 bits per heavy atom. The molecule has 0 radical (unpaired) electrons. The van der Waals surface area contributed by atoms with Crippen LogP contribution in [0, 0.1) is 0 Å². The summed E-state index contributed by atoms with van der Waals surface area (Å²) >= 11 is 0. The molecular formula is C12H20N4O2. The van der Waals surface area contributed by atoms with Crippen LogP contribution < -0.4 is 5.73 Å². The van der Waals surface area contributed by atoms with Crippen molar-refractivity contribution in [2.24, 2.45) is 12.8 Å². The highest BCUT2D eigenvalue weighted by Crippen LogP contribution is 2.16. The Labute approximate surface area is 107 Å². The first-order valence-electron chi connectivity index (χ1n) is 6.18. The Morgan fingerprint density at radius 1 is 1.78 bits per heavy atom. The molecule has 0 spiro atoms. The Morgan fingerprint density at radius 2 is 2.56 bits per heavy atom. The van der Waals surface area contributed by atoms with Gasteiger partial charge in [0.05, 0.1) is 12.3 Å². The third-order valence-electron chi connectivity index (χ3n) is 3.23. The van der Waals surface area contributed by atoms with E-state index in [1.54, 1.807) is 36.1 Å².